The summed E-state index contributed by atoms with van der Waals surface area (Å²) in [5, 5.41) is 6.46. The first kappa shape index (κ1) is 22.9. The lowest BCUT2D eigenvalue weighted by Crippen LogP contribution is -2.41. The first-order valence-electron chi connectivity index (χ1n) is 12.5. The van der Waals surface area contributed by atoms with Gasteiger partial charge in [0.25, 0.3) is 5.91 Å². The van der Waals surface area contributed by atoms with E-state index in [0.717, 1.165) is 54.3 Å². The predicted molar refractivity (Wildman–Crippen MR) is 136 cm³/mol. The topological polar surface area (TPSA) is 109 Å². The Bertz CT molecular complexity index is 1240. The average Bonchev–Trinajstić information content (AvgIpc) is 3.58. The van der Waals surface area contributed by atoms with Crippen molar-refractivity contribution in [2.75, 3.05) is 25.0 Å². The fourth-order valence-corrected chi connectivity index (χ4v) is 4.65. The molecule has 1 aromatic heterocycles. The van der Waals surface area contributed by atoms with Gasteiger partial charge in [-0.3, -0.25) is 15.6 Å². The van der Waals surface area contributed by atoms with Crippen molar-refractivity contribution in [3.05, 3.63) is 65.4 Å². The van der Waals surface area contributed by atoms with Gasteiger partial charge in [-0.05, 0) is 49.1 Å². The maximum atomic E-state index is 12.1. The summed E-state index contributed by atoms with van der Waals surface area (Å²) in [4.78, 5) is 21.7. The van der Waals surface area contributed by atoms with Crippen LogP contribution in [0.1, 0.15) is 42.0 Å². The molecule has 36 heavy (non-hydrogen) atoms. The summed E-state index contributed by atoms with van der Waals surface area (Å²) in [5.41, 5.74) is 11.3. The Balaban J connectivity index is 1.19. The van der Waals surface area contributed by atoms with E-state index >= 15 is 0 Å². The zero-order valence-electron chi connectivity index (χ0n) is 20.0. The molecule has 186 valence electrons. The van der Waals surface area contributed by atoms with Crippen molar-refractivity contribution in [1.29, 1.82) is 0 Å². The van der Waals surface area contributed by atoms with Gasteiger partial charge >= 0.3 is 0 Å². The number of nitrogens with zero attached hydrogens (tertiary/aromatic N) is 2. The molecule has 1 saturated heterocycles. The molecular formula is C27H30N6O3. The summed E-state index contributed by atoms with van der Waals surface area (Å²) in [6, 6.07) is 16.3. The highest BCUT2D eigenvalue weighted by atomic mass is 16.5. The van der Waals surface area contributed by atoms with Crippen molar-refractivity contribution in [3.63, 3.8) is 0 Å². The zero-order chi connectivity index (χ0) is 24.3. The molecule has 0 radical (unpaired) electrons. The largest absolute Gasteiger partial charge is 0.484 e. The van der Waals surface area contributed by atoms with Crippen LogP contribution in [0.5, 0.6) is 5.75 Å². The second-order valence-electron chi connectivity index (χ2n) is 9.53. The van der Waals surface area contributed by atoms with E-state index in [9.17, 15) is 4.79 Å². The van der Waals surface area contributed by atoms with E-state index in [1.165, 1.54) is 12.0 Å². The van der Waals surface area contributed by atoms with Gasteiger partial charge in [0.1, 0.15) is 11.6 Å². The van der Waals surface area contributed by atoms with Crippen LogP contribution in [0.3, 0.4) is 0 Å². The molecule has 1 aliphatic carbocycles. The molecule has 3 aliphatic rings. The quantitative estimate of drug-likeness (QED) is 0.385. The lowest BCUT2D eigenvalue weighted by molar-refractivity contribution is -0.124. The fraction of sp³-hybridized carbons (Fsp3) is 0.370. The molecule has 0 spiro atoms. The van der Waals surface area contributed by atoms with Gasteiger partial charge in [-0.25, -0.2) is 9.97 Å². The molecule has 0 unspecified atom stereocenters. The number of amides is 1. The number of ether oxygens (including phenoxy) is 2. The average molecular weight is 487 g/mol. The Labute approximate surface area is 210 Å². The van der Waals surface area contributed by atoms with Crippen LogP contribution in [0.4, 0.5) is 11.5 Å². The molecule has 3 heterocycles. The second kappa shape index (κ2) is 10.2. The smallest absolute Gasteiger partial charge is 0.258 e. The third-order valence-electron chi connectivity index (χ3n) is 6.98. The summed E-state index contributed by atoms with van der Waals surface area (Å²) in [6.07, 6.45) is 3.28. The van der Waals surface area contributed by atoms with Gasteiger partial charge < -0.3 is 20.1 Å². The standard InChI is InChI=1S/C27H30N6O3/c34-25(30-20-4-2-5-20)16-36-22-6-1-3-18(11-22)26-32-24-15-35-14-23(24)27(33-26)31-21-9-7-17(8-10-21)19-12-28-29-13-19/h1,3,6-11,19-20,28-29H,2,4-5,12-16H2,(H,30,34)(H,31,32,33). The normalized spacial score (nSPS) is 17.4. The lowest BCUT2D eigenvalue weighted by atomic mass is 9.93. The van der Waals surface area contributed by atoms with Crippen molar-refractivity contribution in [2.45, 2.75) is 44.4 Å². The molecular weight excluding hydrogens is 456 g/mol. The minimum atomic E-state index is -0.0889. The number of hydrogen-bond donors (Lipinski definition) is 4. The number of hydrazine groups is 1. The van der Waals surface area contributed by atoms with E-state index in [4.69, 9.17) is 19.4 Å². The summed E-state index contributed by atoms with van der Waals surface area (Å²) in [5.74, 6) is 2.33. The van der Waals surface area contributed by atoms with E-state index < -0.39 is 0 Å². The molecule has 9 nitrogen and oxygen atoms in total. The zero-order valence-corrected chi connectivity index (χ0v) is 20.0. The van der Waals surface area contributed by atoms with Gasteiger partial charge in [-0.15, -0.1) is 0 Å². The van der Waals surface area contributed by atoms with Crippen LogP contribution >= 0.6 is 0 Å². The maximum Gasteiger partial charge on any atom is 0.258 e. The molecule has 1 saturated carbocycles. The van der Waals surface area contributed by atoms with Gasteiger partial charge in [-0.2, -0.15) is 0 Å². The van der Waals surface area contributed by atoms with E-state index in [-0.39, 0.29) is 12.5 Å². The molecule has 1 amide bonds. The molecule has 9 heteroatoms. The molecule has 0 atom stereocenters. The van der Waals surface area contributed by atoms with Crippen LogP contribution in [-0.2, 0) is 22.7 Å². The highest BCUT2D eigenvalue weighted by Gasteiger charge is 2.22. The predicted octanol–water partition coefficient (Wildman–Crippen LogP) is 3.16. The van der Waals surface area contributed by atoms with Gasteiger partial charge in [0, 0.05) is 41.9 Å². The van der Waals surface area contributed by atoms with Crippen molar-refractivity contribution >= 4 is 17.4 Å². The maximum absolute atomic E-state index is 12.1. The van der Waals surface area contributed by atoms with Gasteiger partial charge in [0.2, 0.25) is 0 Å². The molecule has 3 aromatic rings. The molecule has 6 rings (SSSR count). The highest BCUT2D eigenvalue weighted by molar-refractivity contribution is 5.78. The Hall–Kier alpha value is -3.53. The van der Waals surface area contributed by atoms with Crippen LogP contribution in [0.25, 0.3) is 11.4 Å². The molecule has 2 fully saturated rings. The minimum absolute atomic E-state index is 0.00534. The summed E-state index contributed by atoms with van der Waals surface area (Å²) >= 11 is 0. The number of fused-ring (bicyclic) bond motifs is 1. The van der Waals surface area contributed by atoms with Crippen LogP contribution in [0, 0.1) is 0 Å². The SMILES string of the molecule is O=C(COc1cccc(-c2nc3c(c(Nc4ccc(C5CNNC5)cc4)n2)COC3)c1)NC1CCC1. The van der Waals surface area contributed by atoms with Crippen molar-refractivity contribution in [2.24, 2.45) is 0 Å². The number of benzene rings is 2. The van der Waals surface area contributed by atoms with E-state index in [0.29, 0.717) is 36.7 Å². The molecule has 0 bridgehead atoms. The summed E-state index contributed by atoms with van der Waals surface area (Å²) < 4.78 is 11.4. The van der Waals surface area contributed by atoms with Crippen molar-refractivity contribution in [1.82, 2.24) is 26.1 Å². The first-order valence-corrected chi connectivity index (χ1v) is 12.5. The van der Waals surface area contributed by atoms with Crippen LogP contribution < -0.4 is 26.2 Å². The molecule has 2 aliphatic heterocycles. The van der Waals surface area contributed by atoms with Crippen LogP contribution in [0.15, 0.2) is 48.5 Å². The Morgan fingerprint density at radius 1 is 1.06 bits per heavy atom. The Morgan fingerprint density at radius 2 is 1.89 bits per heavy atom. The van der Waals surface area contributed by atoms with Crippen molar-refractivity contribution in [3.8, 4) is 17.1 Å². The Morgan fingerprint density at radius 3 is 2.67 bits per heavy atom. The summed E-state index contributed by atoms with van der Waals surface area (Å²) in [7, 11) is 0. The van der Waals surface area contributed by atoms with Crippen LogP contribution in [-0.4, -0.2) is 41.6 Å². The summed E-state index contributed by atoms with van der Waals surface area (Å²) in [6.45, 7) is 2.79. The number of carbonyl (C=O) groups excluding carboxylic acids is 1. The lowest BCUT2D eigenvalue weighted by Gasteiger charge is -2.26. The number of nitrogens with one attached hydrogen (secondary N) is 4. The van der Waals surface area contributed by atoms with E-state index in [1.54, 1.807) is 0 Å². The van der Waals surface area contributed by atoms with Crippen LogP contribution in [0.2, 0.25) is 0 Å². The molecule has 2 aromatic carbocycles. The van der Waals surface area contributed by atoms with Gasteiger partial charge in [0.15, 0.2) is 12.4 Å². The number of rotatable bonds is 8. The molecule has 4 N–H and O–H groups in total. The van der Waals surface area contributed by atoms with E-state index in [1.807, 2.05) is 24.3 Å². The van der Waals surface area contributed by atoms with Gasteiger partial charge in [0.05, 0.1) is 18.9 Å². The van der Waals surface area contributed by atoms with Gasteiger partial charge in [-0.1, -0.05) is 24.3 Å². The number of hydrogen-bond acceptors (Lipinski definition) is 8. The fourth-order valence-electron chi connectivity index (χ4n) is 4.65. The number of aromatic nitrogens is 2. The highest BCUT2D eigenvalue weighted by Crippen LogP contribution is 2.31. The second-order valence-corrected chi connectivity index (χ2v) is 9.53. The third-order valence-corrected chi connectivity index (χ3v) is 6.98. The monoisotopic (exact) mass is 486 g/mol. The Kier molecular flexibility index (Phi) is 6.50. The number of anilines is 2. The number of carbonyl (C=O) groups is 1. The minimum Gasteiger partial charge on any atom is -0.484 e. The van der Waals surface area contributed by atoms with E-state index in [2.05, 4.69) is 45.8 Å². The van der Waals surface area contributed by atoms with Crippen molar-refractivity contribution < 1.29 is 14.3 Å². The first-order chi connectivity index (χ1) is 17.7. The third kappa shape index (κ3) is 5.04.